The second-order valence-electron chi connectivity index (χ2n) is 6.45. The molecule has 2 aromatic rings. The zero-order chi connectivity index (χ0) is 17.2. The fraction of sp³-hybridized carbons (Fsp3) is 0.421. The summed E-state index contributed by atoms with van der Waals surface area (Å²) >= 11 is 0. The Kier molecular flexibility index (Phi) is 4.81. The van der Waals surface area contributed by atoms with Crippen LogP contribution in [-0.2, 0) is 5.92 Å². The number of aromatic nitrogens is 1. The predicted octanol–water partition coefficient (Wildman–Crippen LogP) is 4.39. The van der Waals surface area contributed by atoms with Gasteiger partial charge in [-0.3, -0.25) is 4.98 Å². The molecule has 1 aromatic heterocycles. The van der Waals surface area contributed by atoms with E-state index in [2.05, 4.69) is 22.1 Å². The van der Waals surface area contributed by atoms with Gasteiger partial charge in [0, 0.05) is 30.4 Å². The number of hydrogen-bond acceptors (Lipinski definition) is 3. The maximum Gasteiger partial charge on any atom is 0.270 e. The Morgan fingerprint density at radius 1 is 1.12 bits per heavy atom. The molecule has 128 valence electrons. The van der Waals surface area contributed by atoms with Crippen molar-refractivity contribution in [3.63, 3.8) is 0 Å². The molecule has 24 heavy (non-hydrogen) atoms. The Morgan fingerprint density at radius 3 is 2.38 bits per heavy atom. The predicted molar refractivity (Wildman–Crippen MR) is 93.0 cm³/mol. The van der Waals surface area contributed by atoms with Crippen molar-refractivity contribution >= 4 is 11.4 Å². The smallest absolute Gasteiger partial charge is 0.270 e. The van der Waals surface area contributed by atoms with Crippen molar-refractivity contribution in [3.8, 4) is 0 Å². The van der Waals surface area contributed by atoms with Crippen LogP contribution >= 0.6 is 0 Å². The van der Waals surface area contributed by atoms with Crippen LogP contribution in [0.4, 0.5) is 20.2 Å². The summed E-state index contributed by atoms with van der Waals surface area (Å²) in [5, 5.41) is 3.37. The first kappa shape index (κ1) is 16.8. The van der Waals surface area contributed by atoms with Gasteiger partial charge in [0.15, 0.2) is 0 Å². The van der Waals surface area contributed by atoms with E-state index in [0.29, 0.717) is 6.04 Å². The molecule has 0 saturated carbocycles. The van der Waals surface area contributed by atoms with Crippen LogP contribution in [0.25, 0.3) is 0 Å². The molecule has 0 spiro atoms. The lowest BCUT2D eigenvalue weighted by Crippen LogP contribution is -2.41. The molecule has 0 aliphatic carbocycles. The minimum Gasteiger partial charge on any atom is -0.337 e. The molecule has 0 bridgehead atoms. The molecule has 0 unspecified atom stereocenters. The Hall–Kier alpha value is -2.01. The largest absolute Gasteiger partial charge is 0.337 e. The normalized spacial score (nSPS) is 16.2. The first-order chi connectivity index (χ1) is 11.5. The van der Waals surface area contributed by atoms with Crippen LogP contribution in [0.15, 0.2) is 42.7 Å². The molecule has 1 aliphatic heterocycles. The van der Waals surface area contributed by atoms with E-state index in [4.69, 9.17) is 0 Å². The lowest BCUT2D eigenvalue weighted by Gasteiger charge is -2.37. The highest BCUT2D eigenvalue weighted by molar-refractivity contribution is 5.66. The molecule has 0 radical (unpaired) electrons. The monoisotopic (exact) mass is 331 g/mol. The van der Waals surface area contributed by atoms with E-state index in [9.17, 15) is 8.78 Å². The number of aryl methyl sites for hydroxylation is 1. The summed E-state index contributed by atoms with van der Waals surface area (Å²) in [5.41, 5.74) is 3.15. The van der Waals surface area contributed by atoms with Crippen molar-refractivity contribution in [2.75, 3.05) is 18.0 Å². The number of piperidine rings is 1. The second kappa shape index (κ2) is 6.85. The van der Waals surface area contributed by atoms with E-state index in [1.165, 1.54) is 12.1 Å². The van der Waals surface area contributed by atoms with Gasteiger partial charge in [0.2, 0.25) is 0 Å². The molecule has 1 saturated heterocycles. The van der Waals surface area contributed by atoms with Crippen molar-refractivity contribution in [3.05, 3.63) is 53.9 Å². The van der Waals surface area contributed by atoms with Gasteiger partial charge in [-0.1, -0.05) is 12.1 Å². The summed E-state index contributed by atoms with van der Waals surface area (Å²) < 4.78 is 27.0. The van der Waals surface area contributed by atoms with Crippen LogP contribution < -0.4 is 10.2 Å². The fourth-order valence-corrected chi connectivity index (χ4v) is 3.23. The van der Waals surface area contributed by atoms with Gasteiger partial charge in [0.05, 0.1) is 11.9 Å². The van der Waals surface area contributed by atoms with Crippen LogP contribution in [0, 0.1) is 6.92 Å². The summed E-state index contributed by atoms with van der Waals surface area (Å²) in [5.74, 6) is -2.82. The third-order valence-corrected chi connectivity index (χ3v) is 4.60. The van der Waals surface area contributed by atoms with Gasteiger partial charge in [-0.2, -0.15) is 0 Å². The van der Waals surface area contributed by atoms with Gasteiger partial charge >= 0.3 is 0 Å². The van der Waals surface area contributed by atoms with E-state index in [-0.39, 0.29) is 5.56 Å². The second-order valence-corrected chi connectivity index (χ2v) is 6.45. The SMILES string of the molecule is Cc1ccncc1N(c1ccc(C(C)(F)F)cc1)C1CCNCC1. The minimum atomic E-state index is -2.82. The molecule has 5 heteroatoms. The van der Waals surface area contributed by atoms with Crippen molar-refractivity contribution in [2.45, 2.75) is 38.7 Å². The first-order valence-corrected chi connectivity index (χ1v) is 8.36. The Balaban J connectivity index is 1.99. The number of anilines is 2. The summed E-state index contributed by atoms with van der Waals surface area (Å²) in [6.07, 6.45) is 5.67. The van der Waals surface area contributed by atoms with Gasteiger partial charge in [-0.15, -0.1) is 0 Å². The highest BCUT2D eigenvalue weighted by Crippen LogP contribution is 2.35. The van der Waals surface area contributed by atoms with E-state index in [1.54, 1.807) is 18.3 Å². The molecular formula is C19H23F2N3. The molecular weight excluding hydrogens is 308 g/mol. The van der Waals surface area contributed by atoms with Gasteiger partial charge in [-0.25, -0.2) is 8.78 Å². The molecule has 0 atom stereocenters. The van der Waals surface area contributed by atoms with Crippen LogP contribution in [0.1, 0.15) is 30.9 Å². The number of alkyl halides is 2. The Morgan fingerprint density at radius 2 is 1.79 bits per heavy atom. The Bertz CT molecular complexity index is 674. The summed E-state index contributed by atoms with van der Waals surface area (Å²) in [6.45, 7) is 4.91. The summed E-state index contributed by atoms with van der Waals surface area (Å²) in [6, 6.07) is 8.95. The van der Waals surface area contributed by atoms with Crippen LogP contribution in [0.3, 0.4) is 0 Å². The van der Waals surface area contributed by atoms with Crippen molar-refractivity contribution < 1.29 is 8.78 Å². The van der Waals surface area contributed by atoms with E-state index >= 15 is 0 Å². The molecule has 1 aliphatic rings. The summed E-state index contributed by atoms with van der Waals surface area (Å²) in [7, 11) is 0. The van der Waals surface area contributed by atoms with Crippen LogP contribution in [0.5, 0.6) is 0 Å². The van der Waals surface area contributed by atoms with Crippen molar-refractivity contribution in [1.82, 2.24) is 10.3 Å². The van der Waals surface area contributed by atoms with Crippen LogP contribution in [-0.4, -0.2) is 24.1 Å². The number of nitrogens with one attached hydrogen (secondary N) is 1. The lowest BCUT2D eigenvalue weighted by atomic mass is 10.0. The average molecular weight is 331 g/mol. The molecule has 3 rings (SSSR count). The van der Waals surface area contributed by atoms with E-state index in [0.717, 1.165) is 49.8 Å². The molecule has 1 aromatic carbocycles. The molecule has 1 fully saturated rings. The fourth-order valence-electron chi connectivity index (χ4n) is 3.23. The van der Waals surface area contributed by atoms with Crippen molar-refractivity contribution in [1.29, 1.82) is 0 Å². The van der Waals surface area contributed by atoms with Crippen LogP contribution in [0.2, 0.25) is 0 Å². The van der Waals surface area contributed by atoms with Gasteiger partial charge in [-0.05, 0) is 56.6 Å². The number of pyridine rings is 1. The number of nitrogens with zero attached hydrogens (tertiary/aromatic N) is 2. The number of hydrogen-bond donors (Lipinski definition) is 1. The highest BCUT2D eigenvalue weighted by Gasteiger charge is 2.27. The lowest BCUT2D eigenvalue weighted by molar-refractivity contribution is 0.0175. The number of rotatable bonds is 4. The third-order valence-electron chi connectivity index (χ3n) is 4.60. The Labute approximate surface area is 141 Å². The maximum atomic E-state index is 13.5. The van der Waals surface area contributed by atoms with Gasteiger partial charge in [0.25, 0.3) is 5.92 Å². The summed E-state index contributed by atoms with van der Waals surface area (Å²) in [4.78, 5) is 6.52. The number of halogens is 2. The highest BCUT2D eigenvalue weighted by atomic mass is 19.3. The zero-order valence-electron chi connectivity index (χ0n) is 14.1. The zero-order valence-corrected chi connectivity index (χ0v) is 14.1. The topological polar surface area (TPSA) is 28.2 Å². The van der Waals surface area contributed by atoms with E-state index < -0.39 is 5.92 Å². The van der Waals surface area contributed by atoms with Crippen molar-refractivity contribution in [2.24, 2.45) is 0 Å². The first-order valence-electron chi connectivity index (χ1n) is 8.36. The molecule has 2 heterocycles. The maximum absolute atomic E-state index is 13.5. The average Bonchev–Trinajstić information content (AvgIpc) is 2.58. The van der Waals surface area contributed by atoms with E-state index in [1.807, 2.05) is 12.3 Å². The standard InChI is InChI=1S/C19H23F2N3/c1-14-7-10-23-13-18(14)24(17-8-11-22-12-9-17)16-5-3-15(4-6-16)19(2,20)21/h3-7,10,13,17,22H,8-9,11-12H2,1-2H3. The van der Waals surface area contributed by atoms with Gasteiger partial charge < -0.3 is 10.2 Å². The molecule has 3 nitrogen and oxygen atoms in total. The minimum absolute atomic E-state index is 0.0411. The molecule has 0 amide bonds. The third kappa shape index (κ3) is 3.56. The van der Waals surface area contributed by atoms with Gasteiger partial charge in [0.1, 0.15) is 0 Å². The molecule has 1 N–H and O–H groups in total. The number of benzene rings is 1. The quantitative estimate of drug-likeness (QED) is 0.900.